The van der Waals surface area contributed by atoms with Gasteiger partial charge in [-0.15, -0.1) is 10.2 Å². The summed E-state index contributed by atoms with van der Waals surface area (Å²) < 4.78 is 80.2. The average Bonchev–Trinajstić information content (AvgIpc) is 3.96. The molecular weight excluding hydrogens is 977 g/mol. The monoisotopic (exact) mass is 1030 g/mol. The number of Topliss-reactive ketones (excluding diaryl/α,β-unsaturated/α-hetero) is 1. The first-order valence-electron chi connectivity index (χ1n) is 23.8. The van der Waals surface area contributed by atoms with Crippen LogP contribution in [0.3, 0.4) is 0 Å². The standard InChI is InChI=1S/C29H26F3N3O3.C28H23F3N4O2/c30-29(31,32)27(37)33-19-26(36)24-13-11-21(12-14-24)20-35(25-9-5-2-6-10-25)28(38)34-17-15-23(16-18-34)22-7-3-1-4-8-22;29-28(30,31)26-33-32-25(37-26)23-13-11-20(12-14-23)19-35(24-9-5-2-6-10-24)27(36)34-17-15-22(16-18-34)21-7-3-1-4-8-21/h1-15H,16-20H2,(H,33,37);1-15H,16-19H2. The number of para-hydroxylation sites is 2. The van der Waals surface area contributed by atoms with Gasteiger partial charge >= 0.3 is 36.2 Å². The molecule has 0 saturated carbocycles. The van der Waals surface area contributed by atoms with Gasteiger partial charge in [0.05, 0.1) is 19.6 Å². The summed E-state index contributed by atoms with van der Waals surface area (Å²) in [5.74, 6) is -4.43. The number of nitrogens with zero attached hydrogens (tertiary/aromatic N) is 6. The molecule has 0 unspecified atom stereocenters. The molecule has 18 heteroatoms. The quantitative estimate of drug-likeness (QED) is 0.0952. The summed E-state index contributed by atoms with van der Waals surface area (Å²) >= 11 is 0. The third kappa shape index (κ3) is 13.8. The number of hydrogen-bond acceptors (Lipinski definition) is 7. The number of carbonyl (C=O) groups is 4. The fourth-order valence-electron chi connectivity index (χ4n) is 8.34. The van der Waals surface area contributed by atoms with Crippen molar-refractivity contribution in [3.63, 3.8) is 0 Å². The second-order valence-electron chi connectivity index (χ2n) is 17.4. The number of benzene rings is 6. The van der Waals surface area contributed by atoms with Crippen molar-refractivity contribution < 1.29 is 49.9 Å². The minimum absolute atomic E-state index is 0.120. The van der Waals surface area contributed by atoms with Gasteiger partial charge in [0.1, 0.15) is 0 Å². The second-order valence-corrected chi connectivity index (χ2v) is 17.4. The van der Waals surface area contributed by atoms with Gasteiger partial charge in [0, 0.05) is 48.7 Å². The Hall–Kier alpha value is -8.80. The third-order valence-corrected chi connectivity index (χ3v) is 12.3. The van der Waals surface area contributed by atoms with E-state index in [2.05, 4.69) is 46.6 Å². The SMILES string of the molecule is O=C(CNC(=O)C(F)(F)F)c1ccc(CN(C(=O)N2CC=C(c3ccccc3)CC2)c2ccccc2)cc1.O=C(N1CC=C(c2ccccc2)CC1)N(Cc1ccc(-c2nnc(C(F)(F)F)o2)cc1)c1ccccc1. The first kappa shape index (κ1) is 52.5. The predicted octanol–water partition coefficient (Wildman–Crippen LogP) is 12.1. The normalized spacial score (nSPS) is 13.6. The van der Waals surface area contributed by atoms with E-state index in [0.29, 0.717) is 37.4 Å². The zero-order chi connectivity index (χ0) is 53.0. The van der Waals surface area contributed by atoms with Gasteiger partial charge in [-0.3, -0.25) is 19.4 Å². The smallest absolute Gasteiger partial charge is 0.413 e. The summed E-state index contributed by atoms with van der Waals surface area (Å²) in [6.45, 7) is 1.90. The number of nitrogens with one attached hydrogen (secondary N) is 1. The van der Waals surface area contributed by atoms with Gasteiger partial charge in [0.15, 0.2) is 5.78 Å². The van der Waals surface area contributed by atoms with Crippen LogP contribution < -0.4 is 15.1 Å². The van der Waals surface area contributed by atoms with Crippen LogP contribution in [-0.2, 0) is 24.1 Å². The number of hydrogen-bond donors (Lipinski definition) is 1. The number of alkyl halides is 6. The van der Waals surface area contributed by atoms with E-state index in [0.717, 1.165) is 35.2 Å². The van der Waals surface area contributed by atoms with Crippen molar-refractivity contribution in [2.45, 2.75) is 38.3 Å². The molecule has 1 N–H and O–H groups in total. The van der Waals surface area contributed by atoms with E-state index in [1.54, 1.807) is 56.4 Å². The van der Waals surface area contributed by atoms with Crippen molar-refractivity contribution in [2.24, 2.45) is 0 Å². The molecule has 6 aromatic carbocycles. The molecule has 0 aliphatic carbocycles. The van der Waals surface area contributed by atoms with E-state index in [4.69, 9.17) is 4.42 Å². The number of urea groups is 2. The molecule has 0 fully saturated rings. The molecule has 75 heavy (non-hydrogen) atoms. The highest BCUT2D eigenvalue weighted by atomic mass is 19.4. The van der Waals surface area contributed by atoms with Crippen LogP contribution in [0.25, 0.3) is 22.6 Å². The van der Waals surface area contributed by atoms with Crippen LogP contribution >= 0.6 is 0 Å². The number of halogens is 6. The number of anilines is 2. The summed E-state index contributed by atoms with van der Waals surface area (Å²) in [5, 5.41) is 8.14. The Morgan fingerprint density at radius 3 is 1.35 bits per heavy atom. The van der Waals surface area contributed by atoms with Crippen molar-refractivity contribution in [3.8, 4) is 11.5 Å². The van der Waals surface area contributed by atoms with E-state index in [1.807, 2.05) is 102 Å². The van der Waals surface area contributed by atoms with E-state index in [-0.39, 0.29) is 36.6 Å². The van der Waals surface area contributed by atoms with Crippen molar-refractivity contribution >= 4 is 46.3 Å². The molecule has 0 bridgehead atoms. The van der Waals surface area contributed by atoms with Crippen LogP contribution in [-0.4, -0.2) is 82.6 Å². The molecule has 9 rings (SSSR count). The van der Waals surface area contributed by atoms with Crippen LogP contribution in [0.1, 0.15) is 51.3 Å². The summed E-state index contributed by atoms with van der Waals surface area (Å²) in [4.78, 5) is 57.3. The van der Waals surface area contributed by atoms with Crippen LogP contribution in [0.4, 0.5) is 47.3 Å². The molecule has 0 saturated heterocycles. The molecule has 1 aromatic heterocycles. The molecular formula is C57H49F6N7O5. The minimum Gasteiger partial charge on any atom is -0.413 e. The molecule has 5 amide bonds. The zero-order valence-corrected chi connectivity index (χ0v) is 40.2. The molecule has 0 spiro atoms. The predicted molar refractivity (Wildman–Crippen MR) is 272 cm³/mol. The largest absolute Gasteiger partial charge is 0.471 e. The van der Waals surface area contributed by atoms with Gasteiger partial charge in [-0.1, -0.05) is 146 Å². The van der Waals surface area contributed by atoms with Crippen molar-refractivity contribution in [2.75, 3.05) is 42.5 Å². The van der Waals surface area contributed by atoms with Crippen molar-refractivity contribution in [1.29, 1.82) is 0 Å². The number of rotatable bonds is 12. The lowest BCUT2D eigenvalue weighted by Crippen LogP contribution is -2.44. The average molecular weight is 1030 g/mol. The van der Waals surface area contributed by atoms with Crippen LogP contribution in [0.15, 0.2) is 186 Å². The lowest BCUT2D eigenvalue weighted by molar-refractivity contribution is -0.173. The Labute approximate surface area is 428 Å². The molecule has 2 aliphatic heterocycles. The van der Waals surface area contributed by atoms with Gasteiger partial charge in [-0.05, 0) is 82.6 Å². The molecule has 0 radical (unpaired) electrons. The minimum atomic E-state index is -5.05. The Kier molecular flexibility index (Phi) is 16.7. The van der Waals surface area contributed by atoms with Gasteiger partial charge in [0.2, 0.25) is 5.89 Å². The number of carbonyl (C=O) groups excluding carboxylic acids is 4. The van der Waals surface area contributed by atoms with Crippen LogP contribution in [0.2, 0.25) is 0 Å². The summed E-state index contributed by atoms with van der Waals surface area (Å²) in [5.41, 5.74) is 8.25. The lowest BCUT2D eigenvalue weighted by Gasteiger charge is -2.33. The van der Waals surface area contributed by atoms with Crippen LogP contribution in [0, 0.1) is 0 Å². The Morgan fingerprint density at radius 1 is 0.533 bits per heavy atom. The highest BCUT2D eigenvalue weighted by molar-refractivity contribution is 6.00. The summed E-state index contributed by atoms with van der Waals surface area (Å²) in [6.07, 6.45) is -4.10. The maximum Gasteiger partial charge on any atom is 0.471 e. The molecule has 2 aliphatic rings. The van der Waals surface area contributed by atoms with Gasteiger partial charge in [0.25, 0.3) is 0 Å². The molecule has 12 nitrogen and oxygen atoms in total. The van der Waals surface area contributed by atoms with Crippen molar-refractivity contribution in [1.82, 2.24) is 25.3 Å². The van der Waals surface area contributed by atoms with E-state index >= 15 is 0 Å². The third-order valence-electron chi connectivity index (χ3n) is 12.3. The van der Waals surface area contributed by atoms with Gasteiger partial charge in [-0.2, -0.15) is 26.3 Å². The fraction of sp³-hybridized carbons (Fsp3) is 0.193. The zero-order valence-electron chi connectivity index (χ0n) is 40.2. The van der Waals surface area contributed by atoms with Gasteiger partial charge < -0.3 is 19.5 Å². The van der Waals surface area contributed by atoms with Crippen LogP contribution in [0.5, 0.6) is 0 Å². The number of amides is 5. The molecule has 384 valence electrons. The second kappa shape index (κ2) is 23.8. The summed E-state index contributed by atoms with van der Waals surface area (Å²) in [6, 6.07) is 51.4. The lowest BCUT2D eigenvalue weighted by atomic mass is 10.00. The van der Waals surface area contributed by atoms with E-state index in [1.165, 1.54) is 28.8 Å². The first-order chi connectivity index (χ1) is 36.1. The first-order valence-corrected chi connectivity index (χ1v) is 23.8. The van der Waals surface area contributed by atoms with E-state index in [9.17, 15) is 45.5 Å². The van der Waals surface area contributed by atoms with E-state index < -0.39 is 36.5 Å². The topological polar surface area (TPSA) is 132 Å². The van der Waals surface area contributed by atoms with Crippen molar-refractivity contribution in [3.05, 3.63) is 216 Å². The molecule has 3 heterocycles. The number of ketones is 1. The molecule has 0 atom stereocenters. The Morgan fingerprint density at radius 2 is 0.960 bits per heavy atom. The maximum absolute atomic E-state index is 13.6. The van der Waals surface area contributed by atoms with Gasteiger partial charge in [-0.25, -0.2) is 9.59 Å². The highest BCUT2D eigenvalue weighted by Gasteiger charge is 2.39. The molecule has 7 aromatic rings. The summed E-state index contributed by atoms with van der Waals surface area (Å²) in [7, 11) is 0. The fourth-order valence-corrected chi connectivity index (χ4v) is 8.34. The Balaban J connectivity index is 0.000000199. The number of aromatic nitrogens is 2. The maximum atomic E-state index is 13.6. The highest BCUT2D eigenvalue weighted by Crippen LogP contribution is 2.32. The Bertz CT molecular complexity index is 3120.